The molecule has 2 fully saturated rings. The smallest absolute Gasteiger partial charge is 0.222 e. The Hall–Kier alpha value is -1.55. The van der Waals surface area contributed by atoms with Gasteiger partial charge >= 0.3 is 0 Å². The first-order valence-corrected chi connectivity index (χ1v) is 9.89. The lowest BCUT2D eigenvalue weighted by Crippen LogP contribution is -2.39. The fourth-order valence-corrected chi connectivity index (χ4v) is 4.28. The summed E-state index contributed by atoms with van der Waals surface area (Å²) in [5.41, 5.74) is 1.24. The van der Waals surface area contributed by atoms with Gasteiger partial charge in [-0.2, -0.15) is 0 Å². The summed E-state index contributed by atoms with van der Waals surface area (Å²) in [4.78, 5) is 14.5. The van der Waals surface area contributed by atoms with Gasteiger partial charge in [0.2, 0.25) is 5.91 Å². The normalized spacial score (nSPS) is 21.7. The summed E-state index contributed by atoms with van der Waals surface area (Å²) < 4.78 is 5.27. The average Bonchev–Trinajstić information content (AvgIpc) is 3.00. The molecule has 1 aliphatic heterocycles. The maximum Gasteiger partial charge on any atom is 0.222 e. The number of hydrogen-bond acceptors (Lipinski definition) is 3. The number of carbonyl (C=O) groups excluding carboxylic acids is 1. The summed E-state index contributed by atoms with van der Waals surface area (Å²) in [5.74, 6) is 2.02. The molecule has 1 aliphatic carbocycles. The van der Waals surface area contributed by atoms with E-state index in [9.17, 15) is 4.79 Å². The second-order valence-corrected chi connectivity index (χ2v) is 7.56. The van der Waals surface area contributed by atoms with Crippen LogP contribution in [0.1, 0.15) is 56.9 Å². The lowest BCUT2D eigenvalue weighted by molar-refractivity contribution is -0.129. The fourth-order valence-electron chi connectivity index (χ4n) is 4.28. The summed E-state index contributed by atoms with van der Waals surface area (Å²) in [7, 11) is 1.70. The number of nitrogens with zero attached hydrogens (tertiary/aromatic N) is 1. The Labute approximate surface area is 151 Å². The molecular weight excluding hydrogens is 312 g/mol. The molecule has 1 saturated carbocycles. The van der Waals surface area contributed by atoms with E-state index in [1.165, 1.54) is 37.7 Å². The van der Waals surface area contributed by atoms with Gasteiger partial charge in [-0.05, 0) is 55.8 Å². The molecule has 1 amide bonds. The highest BCUT2D eigenvalue weighted by molar-refractivity contribution is 5.78. The molecular formula is C21H32N2O2. The minimum atomic E-state index is 0.378. The van der Waals surface area contributed by atoms with Crippen molar-refractivity contribution in [1.29, 1.82) is 0 Å². The van der Waals surface area contributed by atoms with Gasteiger partial charge in [0.15, 0.2) is 0 Å². The van der Waals surface area contributed by atoms with Crippen molar-refractivity contribution in [1.82, 2.24) is 10.2 Å². The molecule has 0 bridgehead atoms. The molecule has 1 atom stereocenters. The van der Waals surface area contributed by atoms with Crippen LogP contribution in [0.25, 0.3) is 0 Å². The summed E-state index contributed by atoms with van der Waals surface area (Å²) in [6.07, 6.45) is 9.53. The zero-order chi connectivity index (χ0) is 17.5. The van der Waals surface area contributed by atoms with Crippen molar-refractivity contribution in [3.63, 3.8) is 0 Å². The van der Waals surface area contributed by atoms with Crippen molar-refractivity contribution in [3.05, 3.63) is 29.8 Å². The van der Waals surface area contributed by atoms with E-state index in [1.54, 1.807) is 7.11 Å². The zero-order valence-electron chi connectivity index (χ0n) is 15.5. The summed E-state index contributed by atoms with van der Waals surface area (Å²) in [6.45, 7) is 2.80. The van der Waals surface area contributed by atoms with Crippen LogP contribution < -0.4 is 10.1 Å². The summed E-state index contributed by atoms with van der Waals surface area (Å²) in [6, 6.07) is 8.62. The summed E-state index contributed by atoms with van der Waals surface area (Å²) in [5, 5.41) is 3.53. The Morgan fingerprint density at radius 2 is 2.04 bits per heavy atom. The van der Waals surface area contributed by atoms with E-state index >= 15 is 0 Å². The predicted molar refractivity (Wildman–Crippen MR) is 101 cm³/mol. The molecule has 4 heteroatoms. The molecule has 3 rings (SSSR count). The van der Waals surface area contributed by atoms with Gasteiger partial charge in [0, 0.05) is 25.6 Å². The number of methoxy groups -OCH3 is 1. The van der Waals surface area contributed by atoms with Crippen molar-refractivity contribution >= 4 is 5.91 Å². The minimum Gasteiger partial charge on any atom is -0.497 e. The molecule has 1 aromatic carbocycles. The first-order chi connectivity index (χ1) is 12.3. The number of carbonyl (C=O) groups is 1. The van der Waals surface area contributed by atoms with Crippen LogP contribution in [0.3, 0.4) is 0 Å². The van der Waals surface area contributed by atoms with Crippen LogP contribution in [0.5, 0.6) is 5.75 Å². The summed E-state index contributed by atoms with van der Waals surface area (Å²) >= 11 is 0. The van der Waals surface area contributed by atoms with E-state index in [4.69, 9.17) is 4.74 Å². The van der Waals surface area contributed by atoms with Crippen molar-refractivity contribution in [2.45, 2.75) is 64.0 Å². The average molecular weight is 344 g/mol. The van der Waals surface area contributed by atoms with E-state index in [0.717, 1.165) is 50.6 Å². The topological polar surface area (TPSA) is 41.6 Å². The first kappa shape index (κ1) is 18.2. The van der Waals surface area contributed by atoms with Gasteiger partial charge in [-0.3, -0.25) is 4.79 Å². The molecule has 4 nitrogen and oxygen atoms in total. The van der Waals surface area contributed by atoms with Crippen molar-refractivity contribution in [2.75, 3.05) is 20.2 Å². The van der Waals surface area contributed by atoms with Gasteiger partial charge in [0.05, 0.1) is 7.11 Å². The molecule has 138 valence electrons. The molecule has 1 unspecified atom stereocenters. The van der Waals surface area contributed by atoms with Gasteiger partial charge in [-0.15, -0.1) is 0 Å². The number of benzene rings is 1. The second-order valence-electron chi connectivity index (χ2n) is 7.56. The Bertz CT molecular complexity index is 555. The Balaban J connectivity index is 1.42. The fraction of sp³-hybridized carbons (Fsp3) is 0.667. The zero-order valence-corrected chi connectivity index (χ0v) is 15.5. The number of amides is 1. The Morgan fingerprint density at radius 1 is 1.20 bits per heavy atom. The highest BCUT2D eigenvalue weighted by atomic mass is 16.5. The maximum atomic E-state index is 12.3. The molecule has 1 heterocycles. The largest absolute Gasteiger partial charge is 0.497 e. The van der Waals surface area contributed by atoms with Gasteiger partial charge < -0.3 is 15.0 Å². The minimum absolute atomic E-state index is 0.378. The Kier molecular flexibility index (Phi) is 6.74. The van der Waals surface area contributed by atoms with Crippen molar-refractivity contribution in [2.24, 2.45) is 5.92 Å². The van der Waals surface area contributed by atoms with Gasteiger partial charge in [0.1, 0.15) is 5.75 Å². The molecule has 0 spiro atoms. The van der Waals surface area contributed by atoms with Crippen LogP contribution >= 0.6 is 0 Å². The van der Waals surface area contributed by atoms with E-state index < -0.39 is 0 Å². The third-order valence-electron chi connectivity index (χ3n) is 5.75. The maximum absolute atomic E-state index is 12.3. The van der Waals surface area contributed by atoms with Crippen LogP contribution in [0.15, 0.2) is 24.3 Å². The molecule has 1 saturated heterocycles. The van der Waals surface area contributed by atoms with E-state index in [2.05, 4.69) is 22.3 Å². The highest BCUT2D eigenvalue weighted by Gasteiger charge is 2.32. The third kappa shape index (κ3) is 5.21. The van der Waals surface area contributed by atoms with E-state index in [1.807, 2.05) is 12.1 Å². The van der Waals surface area contributed by atoms with Gasteiger partial charge in [-0.25, -0.2) is 0 Å². The monoisotopic (exact) mass is 344 g/mol. The van der Waals surface area contributed by atoms with Gasteiger partial charge in [-0.1, -0.05) is 31.4 Å². The quantitative estimate of drug-likeness (QED) is 0.730. The highest BCUT2D eigenvalue weighted by Crippen LogP contribution is 2.29. The molecule has 1 aromatic rings. The molecule has 2 aliphatic rings. The van der Waals surface area contributed by atoms with Crippen molar-refractivity contribution in [3.8, 4) is 5.75 Å². The third-order valence-corrected chi connectivity index (χ3v) is 5.75. The van der Waals surface area contributed by atoms with Crippen LogP contribution in [0.4, 0.5) is 0 Å². The van der Waals surface area contributed by atoms with E-state index in [0.29, 0.717) is 11.9 Å². The van der Waals surface area contributed by atoms with Crippen LogP contribution in [0, 0.1) is 5.92 Å². The standard InChI is InChI=1S/C21H32N2O2/c1-25-20-9-5-8-18(14-20)15-22-13-12-19-10-11-21(24)23(19)16-17-6-3-2-4-7-17/h5,8-9,14,17,19,22H,2-4,6-7,10-13,15-16H2,1H3. The number of likely N-dealkylation sites (tertiary alicyclic amines) is 1. The molecule has 0 radical (unpaired) electrons. The van der Waals surface area contributed by atoms with Crippen LogP contribution in [-0.4, -0.2) is 37.0 Å². The Morgan fingerprint density at radius 3 is 2.84 bits per heavy atom. The first-order valence-electron chi connectivity index (χ1n) is 9.89. The van der Waals surface area contributed by atoms with Gasteiger partial charge in [0.25, 0.3) is 0 Å². The molecule has 0 aromatic heterocycles. The SMILES string of the molecule is COc1cccc(CNCCC2CCC(=O)N2CC2CCCCC2)c1. The van der Waals surface area contributed by atoms with E-state index in [-0.39, 0.29) is 0 Å². The lowest BCUT2D eigenvalue weighted by Gasteiger charge is -2.31. The molecule has 25 heavy (non-hydrogen) atoms. The lowest BCUT2D eigenvalue weighted by atomic mass is 9.88. The predicted octanol–water partition coefficient (Wildman–Crippen LogP) is 3.75. The van der Waals surface area contributed by atoms with Crippen LogP contribution in [0.2, 0.25) is 0 Å². The number of ether oxygens (including phenoxy) is 1. The molecule has 1 N–H and O–H groups in total. The number of nitrogens with one attached hydrogen (secondary N) is 1. The van der Waals surface area contributed by atoms with Crippen LogP contribution in [-0.2, 0) is 11.3 Å². The number of hydrogen-bond donors (Lipinski definition) is 1. The second kappa shape index (κ2) is 9.23. The number of rotatable bonds is 8. The van der Waals surface area contributed by atoms with Crippen molar-refractivity contribution < 1.29 is 9.53 Å².